The molecule has 1 aromatic carbocycles. The molecule has 3 amide bonds. The van der Waals surface area contributed by atoms with E-state index in [4.69, 9.17) is 17.1 Å². The Kier molecular flexibility index (Phi) is 5.96. The van der Waals surface area contributed by atoms with Gasteiger partial charge in [-0.05, 0) is 31.2 Å². The van der Waals surface area contributed by atoms with Crippen molar-refractivity contribution in [3.05, 3.63) is 40.5 Å². The van der Waals surface area contributed by atoms with Crippen molar-refractivity contribution in [2.45, 2.75) is 37.2 Å². The monoisotopic (exact) mass is 447 g/mol. The number of nitrogens with zero attached hydrogens (tertiary/aromatic N) is 4. The van der Waals surface area contributed by atoms with Crippen LogP contribution in [0, 0.1) is 5.53 Å². The fourth-order valence-electron chi connectivity index (χ4n) is 3.82. The highest BCUT2D eigenvalue weighted by molar-refractivity contribution is 7.99. The van der Waals surface area contributed by atoms with Gasteiger partial charge >= 0.3 is 6.03 Å². The van der Waals surface area contributed by atoms with Crippen LogP contribution in [0.3, 0.4) is 0 Å². The number of carbonyl (C=O) groups excluding carboxylic acids is 2. The Hall–Kier alpha value is -2.59. The number of urea groups is 1. The van der Waals surface area contributed by atoms with E-state index in [-0.39, 0.29) is 18.6 Å². The lowest BCUT2D eigenvalue weighted by Crippen LogP contribution is -2.52. The molecule has 1 aliphatic heterocycles. The Balaban J connectivity index is 1.60. The lowest BCUT2D eigenvalue weighted by atomic mass is 9.92. The minimum Gasteiger partial charge on any atom is -0.335 e. The molecule has 2 heterocycles. The summed E-state index contributed by atoms with van der Waals surface area (Å²) in [4.78, 5) is 27.1. The number of amides is 3. The van der Waals surface area contributed by atoms with E-state index in [9.17, 15) is 9.59 Å². The van der Waals surface area contributed by atoms with Crippen molar-refractivity contribution >= 4 is 35.3 Å². The zero-order chi connectivity index (χ0) is 21.3. The summed E-state index contributed by atoms with van der Waals surface area (Å²) in [6.45, 7) is 1.22. The Labute approximate surface area is 183 Å². The number of nitrogens with one attached hydrogen (secondary N) is 3. The van der Waals surface area contributed by atoms with E-state index in [1.807, 2.05) is 17.8 Å². The molecule has 1 fully saturated rings. The first kappa shape index (κ1) is 20.7. The van der Waals surface area contributed by atoms with Gasteiger partial charge in [0, 0.05) is 28.4 Å². The van der Waals surface area contributed by atoms with Crippen molar-refractivity contribution in [1.29, 1.82) is 5.53 Å². The van der Waals surface area contributed by atoms with Gasteiger partial charge in [0.15, 0.2) is 0 Å². The van der Waals surface area contributed by atoms with Crippen LogP contribution in [0.1, 0.15) is 28.9 Å². The van der Waals surface area contributed by atoms with Gasteiger partial charge in [0.1, 0.15) is 5.69 Å². The zero-order valence-corrected chi connectivity index (χ0v) is 18.0. The summed E-state index contributed by atoms with van der Waals surface area (Å²) < 4.78 is 1.74. The molecule has 0 saturated heterocycles. The van der Waals surface area contributed by atoms with E-state index in [0.717, 1.165) is 12.8 Å². The van der Waals surface area contributed by atoms with E-state index in [0.29, 0.717) is 45.9 Å². The standard InChI is InChI=1S/C19H22ClN7O2S/c1-30-14-8-13(9-14)22-19(29)26-5-6-27-15(10-26)16(18(28)23-25-21)17(24-27)11-3-2-4-12(20)7-11/h2-4,7,13-14H,5-6,8-10H2,1H3,(H,22,29)(H2,21,23,28). The maximum absolute atomic E-state index is 12.7. The second-order valence-corrected chi connectivity index (χ2v) is 8.93. The molecule has 0 radical (unpaired) electrons. The van der Waals surface area contributed by atoms with E-state index in [1.165, 1.54) is 0 Å². The molecule has 1 aliphatic carbocycles. The number of hydrogen-bond donors (Lipinski definition) is 3. The molecular weight excluding hydrogens is 426 g/mol. The topological polar surface area (TPSA) is 115 Å². The van der Waals surface area contributed by atoms with Crippen LogP contribution < -0.4 is 10.7 Å². The molecule has 2 aliphatic rings. The summed E-state index contributed by atoms with van der Waals surface area (Å²) in [5.74, 6) is -0.537. The molecule has 2 aromatic rings. The van der Waals surface area contributed by atoms with Gasteiger partial charge in [0.05, 0.1) is 24.3 Å². The number of hydrogen-bond acceptors (Lipinski definition) is 6. The normalized spacial score (nSPS) is 20.1. The van der Waals surface area contributed by atoms with Gasteiger partial charge in [-0.15, -0.1) is 0 Å². The first-order valence-electron chi connectivity index (χ1n) is 9.60. The van der Waals surface area contributed by atoms with Crippen molar-refractivity contribution in [1.82, 2.24) is 25.4 Å². The highest BCUT2D eigenvalue weighted by atomic mass is 35.5. The number of fused-ring (bicyclic) bond motifs is 1. The quantitative estimate of drug-likeness (QED) is 0.481. The first-order chi connectivity index (χ1) is 14.5. The number of rotatable bonds is 5. The third-order valence-corrected chi connectivity index (χ3v) is 6.79. The number of carbonyl (C=O) groups is 2. The van der Waals surface area contributed by atoms with Crippen molar-refractivity contribution < 1.29 is 9.59 Å². The zero-order valence-electron chi connectivity index (χ0n) is 16.4. The Bertz CT molecular complexity index is 989. The summed E-state index contributed by atoms with van der Waals surface area (Å²) in [5.41, 5.74) is 11.2. The largest absolute Gasteiger partial charge is 0.335 e. The lowest BCUT2D eigenvalue weighted by molar-refractivity contribution is 0.0947. The van der Waals surface area contributed by atoms with E-state index in [2.05, 4.69) is 27.3 Å². The van der Waals surface area contributed by atoms with E-state index < -0.39 is 5.91 Å². The molecule has 30 heavy (non-hydrogen) atoms. The van der Waals surface area contributed by atoms with Crippen molar-refractivity contribution in [3.8, 4) is 11.3 Å². The summed E-state index contributed by atoms with van der Waals surface area (Å²) in [6.07, 6.45) is 4.05. The van der Waals surface area contributed by atoms with Crippen LogP contribution in [0.2, 0.25) is 5.02 Å². The summed E-state index contributed by atoms with van der Waals surface area (Å²) in [6, 6.07) is 7.15. The summed E-state index contributed by atoms with van der Waals surface area (Å²) in [5, 5.41) is 11.8. The van der Waals surface area contributed by atoms with Crippen LogP contribution >= 0.6 is 23.4 Å². The highest BCUT2D eigenvalue weighted by Gasteiger charge is 2.34. The lowest BCUT2D eigenvalue weighted by Gasteiger charge is -2.37. The second-order valence-electron chi connectivity index (χ2n) is 7.35. The summed E-state index contributed by atoms with van der Waals surface area (Å²) in [7, 11) is 0. The van der Waals surface area contributed by atoms with Gasteiger partial charge in [0.2, 0.25) is 0 Å². The first-order valence-corrected chi connectivity index (χ1v) is 11.3. The molecular formula is C19H22ClN7O2S. The predicted octanol–water partition coefficient (Wildman–Crippen LogP) is 3.30. The average molecular weight is 448 g/mol. The third kappa shape index (κ3) is 4.01. The van der Waals surface area contributed by atoms with Gasteiger partial charge in [0.25, 0.3) is 5.91 Å². The molecule has 4 rings (SSSR count). The maximum atomic E-state index is 12.7. The van der Waals surface area contributed by atoms with E-state index >= 15 is 0 Å². The smallest absolute Gasteiger partial charge is 0.318 e. The van der Waals surface area contributed by atoms with Gasteiger partial charge in [-0.1, -0.05) is 29.0 Å². The van der Waals surface area contributed by atoms with Gasteiger partial charge in [-0.2, -0.15) is 22.4 Å². The molecule has 0 spiro atoms. The molecule has 9 nitrogen and oxygen atoms in total. The second kappa shape index (κ2) is 8.65. The van der Waals surface area contributed by atoms with Crippen LogP contribution in [-0.4, -0.2) is 50.7 Å². The van der Waals surface area contributed by atoms with E-state index in [1.54, 1.807) is 27.8 Å². The van der Waals surface area contributed by atoms with Crippen LogP contribution in [0.25, 0.3) is 11.3 Å². The summed E-state index contributed by atoms with van der Waals surface area (Å²) >= 11 is 7.95. The van der Waals surface area contributed by atoms with Crippen LogP contribution in [0.15, 0.2) is 29.5 Å². The van der Waals surface area contributed by atoms with Crippen molar-refractivity contribution in [2.24, 2.45) is 5.22 Å². The van der Waals surface area contributed by atoms with Crippen molar-refractivity contribution in [2.75, 3.05) is 12.8 Å². The highest BCUT2D eigenvalue weighted by Crippen LogP contribution is 2.32. The molecule has 0 atom stereocenters. The molecule has 0 unspecified atom stereocenters. The number of thioether (sulfide) groups is 1. The third-order valence-electron chi connectivity index (χ3n) is 5.51. The van der Waals surface area contributed by atoms with Crippen LogP contribution in [0.4, 0.5) is 4.79 Å². The molecule has 11 heteroatoms. The molecule has 1 aromatic heterocycles. The predicted molar refractivity (Wildman–Crippen MR) is 115 cm³/mol. The Morgan fingerprint density at radius 3 is 2.83 bits per heavy atom. The molecule has 3 N–H and O–H groups in total. The maximum Gasteiger partial charge on any atom is 0.318 e. The van der Waals surface area contributed by atoms with Gasteiger partial charge in [-0.3, -0.25) is 9.48 Å². The molecule has 0 bridgehead atoms. The minimum atomic E-state index is -0.537. The van der Waals surface area contributed by atoms with Crippen LogP contribution in [0.5, 0.6) is 0 Å². The molecule has 1 saturated carbocycles. The van der Waals surface area contributed by atoms with Gasteiger partial charge < -0.3 is 10.2 Å². The average Bonchev–Trinajstić information content (AvgIpc) is 3.09. The van der Waals surface area contributed by atoms with Gasteiger partial charge in [-0.25, -0.2) is 10.2 Å². The Morgan fingerprint density at radius 2 is 2.13 bits per heavy atom. The van der Waals surface area contributed by atoms with Crippen LogP contribution in [-0.2, 0) is 13.1 Å². The fraction of sp³-hybridized carbons (Fsp3) is 0.421. The Morgan fingerprint density at radius 1 is 1.33 bits per heavy atom. The fourth-order valence-corrected chi connectivity index (χ4v) is 4.86. The number of benzene rings is 1. The number of halogens is 1. The molecule has 158 valence electrons. The SMILES string of the molecule is CSC1CC(NC(=O)N2CCn3nc(-c4cccc(Cl)c4)c(C(=O)NN=N)c3C2)C1. The number of aromatic nitrogens is 2. The van der Waals surface area contributed by atoms with Crippen molar-refractivity contribution in [3.63, 3.8) is 0 Å². The minimum absolute atomic E-state index is 0.132.